The normalized spacial score (nSPS) is 14.1. The van der Waals surface area contributed by atoms with Crippen LogP contribution in [0.3, 0.4) is 0 Å². The molecule has 0 amide bonds. The van der Waals surface area contributed by atoms with Crippen molar-refractivity contribution in [3.8, 4) is 17.2 Å². The Kier molecular flexibility index (Phi) is 7.18. The van der Waals surface area contributed by atoms with Crippen molar-refractivity contribution < 1.29 is 0 Å². The number of hydrogen-bond acceptors (Lipinski definition) is 3. The van der Waals surface area contributed by atoms with Crippen LogP contribution in [0, 0.1) is 0 Å². The van der Waals surface area contributed by atoms with Gasteiger partial charge in [-0.1, -0.05) is 106 Å². The van der Waals surface area contributed by atoms with E-state index in [-0.39, 0.29) is 0 Å². The van der Waals surface area contributed by atoms with Crippen LogP contribution in [0.15, 0.2) is 97.1 Å². The molecule has 44 heavy (non-hydrogen) atoms. The van der Waals surface area contributed by atoms with Gasteiger partial charge < -0.3 is 0 Å². The first-order valence-electron chi connectivity index (χ1n) is 15.7. The molecule has 218 valence electrons. The quantitative estimate of drug-likeness (QED) is 0.213. The summed E-state index contributed by atoms with van der Waals surface area (Å²) in [5.74, 6) is 1.42. The number of imidazole rings is 2. The molecule has 0 fully saturated rings. The Hall–Kier alpha value is -5.23. The summed E-state index contributed by atoms with van der Waals surface area (Å²) in [5.41, 5.74) is 8.18. The molecule has 0 aliphatic heterocycles. The Morgan fingerprint density at radius 2 is 1.55 bits per heavy atom. The topological polar surface area (TPSA) is 52.9 Å². The van der Waals surface area contributed by atoms with Gasteiger partial charge in [-0.3, -0.25) is 8.97 Å². The van der Waals surface area contributed by atoms with E-state index in [1.807, 2.05) is 38.1 Å². The maximum atomic E-state index is 5.30. The summed E-state index contributed by atoms with van der Waals surface area (Å²) in [4.78, 5) is 15.7. The Bertz CT molecular complexity index is 2350. The highest BCUT2D eigenvalue weighted by molar-refractivity contribution is 5.95. The average molecular weight is 577 g/mol. The molecule has 8 rings (SSSR count). The average Bonchev–Trinajstić information content (AvgIpc) is 3.72. The Labute approximate surface area is 256 Å². The zero-order valence-electron chi connectivity index (χ0n) is 25.7. The van der Waals surface area contributed by atoms with Gasteiger partial charge in [0.2, 0.25) is 11.7 Å². The summed E-state index contributed by atoms with van der Waals surface area (Å²) in [7, 11) is 0. The highest BCUT2D eigenvalue weighted by Gasteiger charge is 2.26. The van der Waals surface area contributed by atoms with Crippen LogP contribution in [0.5, 0.6) is 0 Å². The van der Waals surface area contributed by atoms with E-state index in [2.05, 4.69) is 112 Å². The van der Waals surface area contributed by atoms with E-state index in [1.165, 1.54) is 10.9 Å². The van der Waals surface area contributed by atoms with E-state index in [4.69, 9.17) is 15.0 Å². The van der Waals surface area contributed by atoms with Crippen LogP contribution in [-0.4, -0.2) is 28.5 Å². The largest absolute Gasteiger partial charge is 0.294 e. The highest BCUT2D eigenvalue weighted by Crippen LogP contribution is 2.32. The maximum Gasteiger partial charge on any atom is 0.238 e. The molecule has 0 saturated heterocycles. The molecule has 1 aliphatic rings. The van der Waals surface area contributed by atoms with Gasteiger partial charge in [0, 0.05) is 21.9 Å². The molecule has 0 unspecified atom stereocenters. The molecule has 6 nitrogen and oxygen atoms in total. The van der Waals surface area contributed by atoms with Gasteiger partial charge in [-0.25, -0.2) is 19.5 Å². The van der Waals surface area contributed by atoms with Crippen molar-refractivity contribution >= 4 is 56.7 Å². The van der Waals surface area contributed by atoms with Gasteiger partial charge in [0.05, 0.1) is 27.6 Å². The third-order valence-corrected chi connectivity index (χ3v) is 8.13. The fourth-order valence-corrected chi connectivity index (χ4v) is 6.37. The standard InChI is InChI=1S/C36H30N6.C2H6/c1-3-15-27-30(4-2)40(25-18-9-6-10-19-25)34-33(27)42(36-38-29-22-13-14-23-31(29)41(34)36)35-37-28-21-12-11-20-26(28)32(39-35)24-16-7-5-8-17-24;1-2/h4-5,7-9,11-23H,3,6,10H2,1-2H3;1-2H3/b27-15+,30-4+;. The minimum Gasteiger partial charge on any atom is -0.294 e. The van der Waals surface area contributed by atoms with Crippen LogP contribution in [0.1, 0.15) is 47.0 Å². The highest BCUT2D eigenvalue weighted by atomic mass is 15.3. The number of allylic oxidation sites excluding steroid dienone is 4. The first-order valence-corrected chi connectivity index (χ1v) is 15.7. The summed E-state index contributed by atoms with van der Waals surface area (Å²) in [6.45, 7) is 8.31. The lowest BCUT2D eigenvalue weighted by Gasteiger charge is -2.11. The molecule has 0 atom stereocenters. The molecule has 6 heteroatoms. The van der Waals surface area contributed by atoms with E-state index < -0.39 is 0 Å². The van der Waals surface area contributed by atoms with Crippen LogP contribution in [0.4, 0.5) is 0 Å². The first kappa shape index (κ1) is 27.6. The molecule has 0 bridgehead atoms. The van der Waals surface area contributed by atoms with E-state index in [0.29, 0.717) is 5.95 Å². The number of rotatable bonds is 4. The van der Waals surface area contributed by atoms with Gasteiger partial charge in [0.15, 0.2) is 5.65 Å². The number of benzene rings is 3. The summed E-state index contributed by atoms with van der Waals surface area (Å²) in [5, 5.41) is 3.36. The molecular weight excluding hydrogens is 540 g/mol. The fourth-order valence-electron chi connectivity index (χ4n) is 6.37. The summed E-state index contributed by atoms with van der Waals surface area (Å²) >= 11 is 0. The van der Waals surface area contributed by atoms with Gasteiger partial charge in [0.25, 0.3) is 0 Å². The monoisotopic (exact) mass is 576 g/mol. The maximum absolute atomic E-state index is 5.30. The van der Waals surface area contributed by atoms with E-state index in [0.717, 1.165) is 74.7 Å². The van der Waals surface area contributed by atoms with Crippen molar-refractivity contribution in [2.75, 3.05) is 0 Å². The smallest absolute Gasteiger partial charge is 0.238 e. The lowest BCUT2D eigenvalue weighted by Crippen LogP contribution is -2.30. The zero-order chi connectivity index (χ0) is 30.2. The molecule has 7 aromatic rings. The molecule has 0 spiro atoms. The van der Waals surface area contributed by atoms with Crippen molar-refractivity contribution in [1.29, 1.82) is 0 Å². The van der Waals surface area contributed by atoms with Crippen molar-refractivity contribution in [3.63, 3.8) is 0 Å². The lowest BCUT2D eigenvalue weighted by atomic mass is 10.1. The Morgan fingerprint density at radius 3 is 2.30 bits per heavy atom. The minimum absolute atomic E-state index is 0.613. The second-order valence-electron chi connectivity index (χ2n) is 10.6. The summed E-state index contributed by atoms with van der Waals surface area (Å²) < 4.78 is 6.85. The summed E-state index contributed by atoms with van der Waals surface area (Å²) in [6, 6.07) is 27.0. The molecule has 4 aromatic heterocycles. The van der Waals surface area contributed by atoms with Crippen LogP contribution in [-0.2, 0) is 0 Å². The van der Waals surface area contributed by atoms with E-state index in [1.54, 1.807) is 0 Å². The fraction of sp³-hybridized carbons (Fsp3) is 0.184. The number of hydrogen-bond donors (Lipinski definition) is 0. The van der Waals surface area contributed by atoms with E-state index >= 15 is 0 Å². The van der Waals surface area contributed by atoms with Gasteiger partial charge in [-0.2, -0.15) is 0 Å². The Morgan fingerprint density at radius 1 is 0.795 bits per heavy atom. The molecule has 4 heterocycles. The zero-order valence-corrected chi connectivity index (χ0v) is 25.7. The molecule has 3 aromatic carbocycles. The molecule has 0 saturated carbocycles. The molecule has 0 radical (unpaired) electrons. The number of para-hydroxylation sites is 3. The molecule has 0 N–H and O–H groups in total. The predicted octanol–water partition coefficient (Wildman–Crippen LogP) is 8.05. The van der Waals surface area contributed by atoms with Crippen molar-refractivity contribution in [2.24, 2.45) is 0 Å². The number of nitrogens with zero attached hydrogens (tertiary/aromatic N) is 6. The summed E-state index contributed by atoms with van der Waals surface area (Å²) in [6.07, 6.45) is 14.4. The van der Waals surface area contributed by atoms with Crippen LogP contribution in [0.2, 0.25) is 0 Å². The van der Waals surface area contributed by atoms with E-state index in [9.17, 15) is 0 Å². The van der Waals surface area contributed by atoms with Crippen molar-refractivity contribution in [2.45, 2.75) is 47.0 Å². The predicted molar refractivity (Wildman–Crippen MR) is 184 cm³/mol. The van der Waals surface area contributed by atoms with Crippen LogP contribution in [0.25, 0.3) is 73.9 Å². The number of aromatic nitrogens is 6. The van der Waals surface area contributed by atoms with Crippen molar-refractivity contribution in [3.05, 3.63) is 108 Å². The van der Waals surface area contributed by atoms with Gasteiger partial charge in [-0.15, -0.1) is 0 Å². The third kappa shape index (κ3) is 4.21. The van der Waals surface area contributed by atoms with Crippen LogP contribution < -0.4 is 10.6 Å². The van der Waals surface area contributed by atoms with Gasteiger partial charge in [-0.05, 0) is 50.5 Å². The molecular formula is C38H36N6. The minimum atomic E-state index is 0.613. The third-order valence-electron chi connectivity index (χ3n) is 8.13. The SMILES string of the molecule is C/C=c1\c(=C/CC)c2c(n1C1=CCCC=C1)n1c3ccccc3nc1n2-c1nc(-c2ccccc2)c2ccccc2n1.CC. The second-order valence-corrected chi connectivity index (χ2v) is 10.6. The lowest BCUT2D eigenvalue weighted by molar-refractivity contribution is 0.970. The Balaban J connectivity index is 0.00000153. The second kappa shape index (κ2) is 11.5. The van der Waals surface area contributed by atoms with Crippen LogP contribution >= 0.6 is 0 Å². The molecule has 1 aliphatic carbocycles. The van der Waals surface area contributed by atoms with Gasteiger partial charge >= 0.3 is 0 Å². The first-order chi connectivity index (χ1) is 21.8. The van der Waals surface area contributed by atoms with Crippen molar-refractivity contribution in [1.82, 2.24) is 28.5 Å². The van der Waals surface area contributed by atoms with Gasteiger partial charge in [0.1, 0.15) is 5.52 Å². The number of fused-ring (bicyclic) bond motifs is 6.